The number of hydrogen-bond donors (Lipinski definition) is 0. The summed E-state index contributed by atoms with van der Waals surface area (Å²) in [5, 5.41) is 0. The first-order valence-electron chi connectivity index (χ1n) is 6.76. The van der Waals surface area contributed by atoms with E-state index in [4.69, 9.17) is 4.74 Å². The Kier molecular flexibility index (Phi) is 3.06. The first-order valence-corrected chi connectivity index (χ1v) is 6.76. The molecule has 2 heteroatoms. The predicted octanol–water partition coefficient (Wildman–Crippen LogP) is 3.08. The summed E-state index contributed by atoms with van der Waals surface area (Å²) >= 11 is 0. The van der Waals surface area contributed by atoms with Crippen LogP contribution in [-0.4, -0.2) is 30.1 Å². The van der Waals surface area contributed by atoms with Crippen molar-refractivity contribution in [3.05, 3.63) is 30.3 Å². The lowest BCUT2D eigenvalue weighted by Crippen LogP contribution is -2.52. The van der Waals surface area contributed by atoms with Crippen molar-refractivity contribution in [1.82, 2.24) is 4.90 Å². The van der Waals surface area contributed by atoms with Crippen molar-refractivity contribution in [3.8, 4) is 5.75 Å². The van der Waals surface area contributed by atoms with Crippen molar-refractivity contribution in [2.24, 2.45) is 0 Å². The molecule has 2 nitrogen and oxygen atoms in total. The Morgan fingerprint density at radius 1 is 1.06 bits per heavy atom. The highest BCUT2D eigenvalue weighted by molar-refractivity contribution is 5.21. The number of para-hydroxylation sites is 1. The van der Waals surface area contributed by atoms with E-state index in [1.165, 1.54) is 32.1 Å². The highest BCUT2D eigenvalue weighted by atomic mass is 16.5. The molecular weight excluding hydrogens is 210 g/mol. The lowest BCUT2D eigenvalue weighted by Gasteiger charge is -2.46. The number of fused-ring (bicyclic) bond motifs is 2. The highest BCUT2D eigenvalue weighted by Gasteiger charge is 2.36. The van der Waals surface area contributed by atoms with Crippen LogP contribution in [0.3, 0.4) is 0 Å². The normalized spacial score (nSPS) is 33.4. The molecule has 17 heavy (non-hydrogen) atoms. The van der Waals surface area contributed by atoms with Crippen molar-refractivity contribution < 1.29 is 4.74 Å². The molecule has 1 aromatic rings. The van der Waals surface area contributed by atoms with E-state index < -0.39 is 0 Å². The molecular formula is C15H21NO. The van der Waals surface area contributed by atoms with Gasteiger partial charge in [0.25, 0.3) is 0 Å². The fourth-order valence-electron chi connectivity index (χ4n) is 3.35. The zero-order chi connectivity index (χ0) is 11.7. The van der Waals surface area contributed by atoms with Crippen LogP contribution in [0.1, 0.15) is 32.1 Å². The Balaban J connectivity index is 1.66. The van der Waals surface area contributed by atoms with E-state index in [9.17, 15) is 0 Å². The zero-order valence-corrected chi connectivity index (χ0v) is 10.5. The molecule has 2 heterocycles. The van der Waals surface area contributed by atoms with Crippen LogP contribution in [0.25, 0.3) is 0 Å². The monoisotopic (exact) mass is 231 g/mol. The van der Waals surface area contributed by atoms with Gasteiger partial charge in [-0.25, -0.2) is 0 Å². The molecule has 0 N–H and O–H groups in total. The molecule has 2 aliphatic rings. The van der Waals surface area contributed by atoms with Gasteiger partial charge in [0.15, 0.2) is 0 Å². The molecule has 1 aromatic carbocycles. The van der Waals surface area contributed by atoms with Gasteiger partial charge in [0.05, 0.1) is 0 Å². The SMILES string of the molecule is CN1C2CCCC1CC(Oc1ccccc1)C2. The highest BCUT2D eigenvalue weighted by Crippen LogP contribution is 2.34. The van der Waals surface area contributed by atoms with Crippen LogP contribution in [-0.2, 0) is 0 Å². The molecule has 0 saturated carbocycles. The molecule has 2 atom stereocenters. The van der Waals surface area contributed by atoms with Gasteiger partial charge in [-0.3, -0.25) is 0 Å². The van der Waals surface area contributed by atoms with Crippen molar-refractivity contribution in [2.45, 2.75) is 50.3 Å². The van der Waals surface area contributed by atoms with Crippen LogP contribution >= 0.6 is 0 Å². The third-order valence-electron chi connectivity index (χ3n) is 4.34. The van der Waals surface area contributed by atoms with E-state index in [-0.39, 0.29) is 0 Å². The quantitative estimate of drug-likeness (QED) is 0.775. The van der Waals surface area contributed by atoms with Crippen molar-refractivity contribution in [1.29, 1.82) is 0 Å². The second kappa shape index (κ2) is 4.69. The fraction of sp³-hybridized carbons (Fsp3) is 0.600. The minimum atomic E-state index is 0.420. The standard InChI is InChI=1S/C15H21NO/c1-16-12-6-5-7-13(16)11-15(10-12)17-14-8-3-2-4-9-14/h2-4,8-9,12-13,15H,5-7,10-11H2,1H3. The van der Waals surface area contributed by atoms with Crippen LogP contribution in [0.5, 0.6) is 5.75 Å². The third kappa shape index (κ3) is 2.32. The maximum absolute atomic E-state index is 6.11. The van der Waals surface area contributed by atoms with E-state index in [2.05, 4.69) is 24.1 Å². The molecule has 3 rings (SSSR count). The first-order chi connectivity index (χ1) is 8.33. The number of ether oxygens (including phenoxy) is 1. The number of benzene rings is 1. The Morgan fingerprint density at radius 2 is 1.71 bits per heavy atom. The largest absolute Gasteiger partial charge is 0.490 e. The minimum Gasteiger partial charge on any atom is -0.490 e. The van der Waals surface area contributed by atoms with Crippen LogP contribution in [0.2, 0.25) is 0 Å². The second-order valence-corrected chi connectivity index (χ2v) is 5.43. The fourth-order valence-corrected chi connectivity index (χ4v) is 3.35. The Hall–Kier alpha value is -1.02. The average molecular weight is 231 g/mol. The lowest BCUT2D eigenvalue weighted by molar-refractivity contribution is 0.000142. The lowest BCUT2D eigenvalue weighted by atomic mass is 9.83. The van der Waals surface area contributed by atoms with Crippen LogP contribution < -0.4 is 4.74 Å². The summed E-state index contributed by atoms with van der Waals surface area (Å²) in [5.74, 6) is 1.03. The smallest absolute Gasteiger partial charge is 0.119 e. The van der Waals surface area contributed by atoms with Gasteiger partial charge in [0.1, 0.15) is 11.9 Å². The molecule has 2 unspecified atom stereocenters. The first kappa shape index (κ1) is 11.1. The van der Waals surface area contributed by atoms with E-state index in [0.29, 0.717) is 6.10 Å². The van der Waals surface area contributed by atoms with Gasteiger partial charge in [0.2, 0.25) is 0 Å². The Morgan fingerprint density at radius 3 is 2.35 bits per heavy atom. The summed E-state index contributed by atoms with van der Waals surface area (Å²) in [6.07, 6.45) is 6.91. The van der Waals surface area contributed by atoms with Crippen LogP contribution in [0, 0.1) is 0 Å². The number of nitrogens with zero attached hydrogens (tertiary/aromatic N) is 1. The minimum absolute atomic E-state index is 0.420. The molecule has 0 amide bonds. The van der Waals surface area contributed by atoms with Crippen LogP contribution in [0.15, 0.2) is 30.3 Å². The molecule has 0 aliphatic carbocycles. The molecule has 0 radical (unpaired) electrons. The average Bonchev–Trinajstić information content (AvgIpc) is 2.32. The van der Waals surface area contributed by atoms with Gasteiger partial charge in [-0.2, -0.15) is 0 Å². The topological polar surface area (TPSA) is 12.5 Å². The molecule has 0 aromatic heterocycles. The van der Waals surface area contributed by atoms with Gasteiger partial charge in [-0.1, -0.05) is 24.6 Å². The van der Waals surface area contributed by atoms with Gasteiger partial charge in [0, 0.05) is 12.1 Å². The van der Waals surface area contributed by atoms with E-state index >= 15 is 0 Å². The third-order valence-corrected chi connectivity index (χ3v) is 4.34. The van der Waals surface area contributed by atoms with Gasteiger partial charge < -0.3 is 9.64 Å². The zero-order valence-electron chi connectivity index (χ0n) is 10.5. The van der Waals surface area contributed by atoms with Gasteiger partial charge in [-0.15, -0.1) is 0 Å². The van der Waals surface area contributed by atoms with E-state index in [0.717, 1.165) is 17.8 Å². The maximum Gasteiger partial charge on any atom is 0.119 e. The summed E-state index contributed by atoms with van der Waals surface area (Å²) in [6, 6.07) is 11.8. The van der Waals surface area contributed by atoms with Crippen molar-refractivity contribution in [2.75, 3.05) is 7.05 Å². The molecule has 2 aliphatic heterocycles. The van der Waals surface area contributed by atoms with Crippen molar-refractivity contribution >= 4 is 0 Å². The number of rotatable bonds is 2. The van der Waals surface area contributed by atoms with Gasteiger partial charge >= 0.3 is 0 Å². The summed E-state index contributed by atoms with van der Waals surface area (Å²) in [5.41, 5.74) is 0. The number of hydrogen-bond acceptors (Lipinski definition) is 2. The summed E-state index contributed by atoms with van der Waals surface area (Å²) in [6.45, 7) is 0. The Bertz CT molecular complexity index is 350. The maximum atomic E-state index is 6.11. The van der Waals surface area contributed by atoms with Gasteiger partial charge in [-0.05, 0) is 44.9 Å². The van der Waals surface area contributed by atoms with E-state index in [1.54, 1.807) is 0 Å². The summed E-state index contributed by atoms with van der Waals surface area (Å²) < 4.78 is 6.11. The molecule has 2 saturated heterocycles. The Labute approximate surface area is 104 Å². The van der Waals surface area contributed by atoms with E-state index in [1.807, 2.05) is 18.2 Å². The molecule has 2 bridgehead atoms. The number of piperidine rings is 2. The summed E-state index contributed by atoms with van der Waals surface area (Å²) in [4.78, 5) is 2.58. The second-order valence-electron chi connectivity index (χ2n) is 5.43. The molecule has 0 spiro atoms. The predicted molar refractivity (Wildman–Crippen MR) is 69.3 cm³/mol. The molecule has 2 fully saturated rings. The molecule has 92 valence electrons. The van der Waals surface area contributed by atoms with Crippen molar-refractivity contribution in [3.63, 3.8) is 0 Å². The summed E-state index contributed by atoms with van der Waals surface area (Å²) in [7, 11) is 2.28. The van der Waals surface area contributed by atoms with Crippen LogP contribution in [0.4, 0.5) is 0 Å².